The van der Waals surface area contributed by atoms with Gasteiger partial charge >= 0.3 is 0 Å². The first kappa shape index (κ1) is 6.29. The van der Waals surface area contributed by atoms with Crippen LogP contribution >= 0.6 is 24.1 Å². The molecule has 0 radical (unpaired) electrons. The van der Waals surface area contributed by atoms with Crippen LogP contribution in [0.3, 0.4) is 0 Å². The molecule has 0 bridgehead atoms. The van der Waals surface area contributed by atoms with Gasteiger partial charge in [-0.2, -0.15) is 0 Å². The van der Waals surface area contributed by atoms with Gasteiger partial charge in [-0.1, -0.05) is 0 Å². The standard InChI is InChI=1S/CH2O3S2/c2-1(5-3)6-4/h3-4H. The molecule has 3 nitrogen and oxygen atoms in total. The molecule has 0 rings (SSSR count). The Morgan fingerprint density at radius 2 is 1.67 bits per heavy atom. The summed E-state index contributed by atoms with van der Waals surface area (Å²) in [5.41, 5.74) is 0. The van der Waals surface area contributed by atoms with Crippen LogP contribution in [0, 0.1) is 0 Å². The van der Waals surface area contributed by atoms with E-state index in [1.807, 2.05) is 0 Å². The lowest BCUT2D eigenvalue weighted by atomic mass is 11.8. The van der Waals surface area contributed by atoms with Gasteiger partial charge in [-0.25, -0.2) is 0 Å². The highest BCUT2D eigenvalue weighted by Crippen LogP contribution is 2.06. The zero-order valence-electron chi connectivity index (χ0n) is 2.62. The van der Waals surface area contributed by atoms with E-state index in [-0.39, 0.29) is 24.1 Å². The van der Waals surface area contributed by atoms with E-state index in [4.69, 9.17) is 9.11 Å². The Kier molecular flexibility index (Phi) is 3.65. The van der Waals surface area contributed by atoms with E-state index >= 15 is 0 Å². The van der Waals surface area contributed by atoms with Crippen LogP contribution < -0.4 is 0 Å². The average Bonchev–Trinajstić information content (AvgIpc) is 1.65. The first-order chi connectivity index (χ1) is 2.81. The van der Waals surface area contributed by atoms with Crippen molar-refractivity contribution in [3.05, 3.63) is 0 Å². The fourth-order valence-electron chi connectivity index (χ4n) is 0.0167. The van der Waals surface area contributed by atoms with Gasteiger partial charge in [-0.3, -0.25) is 4.79 Å². The van der Waals surface area contributed by atoms with Gasteiger partial charge < -0.3 is 9.11 Å². The number of carbonyl (C=O) groups excluding carboxylic acids is 1. The van der Waals surface area contributed by atoms with E-state index < -0.39 is 4.45 Å². The third kappa shape index (κ3) is 2.52. The van der Waals surface area contributed by atoms with Crippen LogP contribution in [0.1, 0.15) is 0 Å². The Balaban J connectivity index is 2.99. The van der Waals surface area contributed by atoms with E-state index in [0.717, 1.165) is 0 Å². The predicted molar refractivity (Wildman–Crippen MR) is 25.8 cm³/mol. The quantitative estimate of drug-likeness (QED) is 0.482. The lowest BCUT2D eigenvalue weighted by Crippen LogP contribution is -1.71. The summed E-state index contributed by atoms with van der Waals surface area (Å²) in [5, 5.41) is 0. The third-order valence-electron chi connectivity index (χ3n) is 0.149. The van der Waals surface area contributed by atoms with Crippen molar-refractivity contribution in [2.24, 2.45) is 0 Å². The van der Waals surface area contributed by atoms with Crippen molar-refractivity contribution >= 4 is 28.5 Å². The molecule has 0 amide bonds. The summed E-state index contributed by atoms with van der Waals surface area (Å²) in [6.07, 6.45) is 0. The SMILES string of the molecule is O=C(SO)SO. The molecule has 0 aliphatic rings. The largest absolute Gasteiger partial charge is 0.323 e. The monoisotopic (exact) mass is 126 g/mol. The lowest BCUT2D eigenvalue weighted by molar-refractivity contribution is 0.274. The molecule has 0 aromatic rings. The minimum absolute atomic E-state index is 0.00116. The van der Waals surface area contributed by atoms with Crippen molar-refractivity contribution in [1.29, 1.82) is 0 Å². The molecule has 0 aliphatic heterocycles. The van der Waals surface area contributed by atoms with Crippen LogP contribution in [0.5, 0.6) is 0 Å². The van der Waals surface area contributed by atoms with Gasteiger partial charge in [0.05, 0.1) is 24.1 Å². The molecule has 0 fully saturated rings. The first-order valence-electron chi connectivity index (χ1n) is 0.978. The van der Waals surface area contributed by atoms with Gasteiger partial charge in [0.1, 0.15) is 0 Å². The van der Waals surface area contributed by atoms with Crippen LogP contribution in [-0.2, 0) is 0 Å². The molecule has 0 saturated heterocycles. The fourth-order valence-corrected chi connectivity index (χ4v) is 0.150. The first-order valence-corrected chi connectivity index (χ1v) is 2.52. The summed E-state index contributed by atoms with van der Waals surface area (Å²) in [7, 11) is 0. The Morgan fingerprint density at radius 3 is 1.67 bits per heavy atom. The van der Waals surface area contributed by atoms with Crippen LogP contribution in [0.2, 0.25) is 0 Å². The molecular weight excluding hydrogens is 124 g/mol. The van der Waals surface area contributed by atoms with Crippen LogP contribution in [0.15, 0.2) is 0 Å². The minimum Gasteiger partial charge on any atom is -0.323 e. The molecule has 36 valence electrons. The van der Waals surface area contributed by atoms with E-state index in [1.165, 1.54) is 0 Å². The molecular formula is CH2O3S2. The molecule has 0 saturated carbocycles. The average molecular weight is 126 g/mol. The van der Waals surface area contributed by atoms with Gasteiger partial charge in [-0.05, 0) is 0 Å². The van der Waals surface area contributed by atoms with E-state index in [1.54, 1.807) is 0 Å². The second-order valence-corrected chi connectivity index (χ2v) is 1.80. The van der Waals surface area contributed by atoms with Gasteiger partial charge in [0, 0.05) is 0 Å². The van der Waals surface area contributed by atoms with Crippen molar-refractivity contribution in [3.63, 3.8) is 0 Å². The Morgan fingerprint density at radius 1 is 1.33 bits per heavy atom. The third-order valence-corrected chi connectivity index (χ3v) is 0.894. The minimum atomic E-state index is -0.713. The van der Waals surface area contributed by atoms with Crippen LogP contribution in [0.25, 0.3) is 0 Å². The predicted octanol–water partition coefficient (Wildman–Crippen LogP) is 1.52. The Bertz CT molecular complexity index is 46.8. The summed E-state index contributed by atoms with van der Waals surface area (Å²) >= 11 is -0.00231. The highest BCUT2D eigenvalue weighted by Gasteiger charge is 1.94. The van der Waals surface area contributed by atoms with Gasteiger partial charge in [0.25, 0.3) is 4.45 Å². The fraction of sp³-hybridized carbons (Fsp3) is 0. The summed E-state index contributed by atoms with van der Waals surface area (Å²) in [6.45, 7) is 0. The summed E-state index contributed by atoms with van der Waals surface area (Å²) in [4.78, 5) is 9.61. The molecule has 0 unspecified atom stereocenters. The maximum atomic E-state index is 9.61. The molecule has 0 spiro atoms. The van der Waals surface area contributed by atoms with Gasteiger partial charge in [0.2, 0.25) is 0 Å². The number of hydrogen-bond acceptors (Lipinski definition) is 5. The molecule has 0 aromatic heterocycles. The van der Waals surface area contributed by atoms with E-state index in [9.17, 15) is 4.79 Å². The Hall–Kier alpha value is 0.290. The molecule has 0 aliphatic carbocycles. The molecule has 6 heavy (non-hydrogen) atoms. The summed E-state index contributed by atoms with van der Waals surface area (Å²) in [6, 6.07) is 0. The molecule has 0 atom stereocenters. The molecule has 0 aromatic carbocycles. The highest BCUT2D eigenvalue weighted by molar-refractivity contribution is 8.34. The zero-order chi connectivity index (χ0) is 4.99. The van der Waals surface area contributed by atoms with E-state index in [0.29, 0.717) is 0 Å². The van der Waals surface area contributed by atoms with E-state index in [2.05, 4.69) is 0 Å². The number of hydrogen-bond donors (Lipinski definition) is 2. The number of carbonyl (C=O) groups is 1. The van der Waals surface area contributed by atoms with Crippen molar-refractivity contribution in [1.82, 2.24) is 0 Å². The summed E-state index contributed by atoms with van der Waals surface area (Å²) in [5.74, 6) is 0. The zero-order valence-corrected chi connectivity index (χ0v) is 4.25. The maximum absolute atomic E-state index is 9.61. The second kappa shape index (κ2) is 3.48. The molecule has 5 heteroatoms. The lowest BCUT2D eigenvalue weighted by Gasteiger charge is -1.77. The normalized spacial score (nSPS) is 8.33. The van der Waals surface area contributed by atoms with Crippen molar-refractivity contribution in [3.8, 4) is 0 Å². The van der Waals surface area contributed by atoms with Crippen molar-refractivity contribution < 1.29 is 13.9 Å². The summed E-state index contributed by atoms with van der Waals surface area (Å²) < 4.78 is 14.7. The van der Waals surface area contributed by atoms with Crippen LogP contribution in [-0.4, -0.2) is 13.6 Å². The highest BCUT2D eigenvalue weighted by atomic mass is 32.2. The van der Waals surface area contributed by atoms with Crippen molar-refractivity contribution in [2.45, 2.75) is 0 Å². The van der Waals surface area contributed by atoms with Crippen molar-refractivity contribution in [2.75, 3.05) is 0 Å². The number of rotatable bonds is 0. The maximum Gasteiger partial charge on any atom is 0.299 e. The van der Waals surface area contributed by atoms with Gasteiger partial charge in [0.15, 0.2) is 0 Å². The Labute approximate surface area is 43.2 Å². The topological polar surface area (TPSA) is 57.5 Å². The molecule has 0 heterocycles. The van der Waals surface area contributed by atoms with Gasteiger partial charge in [-0.15, -0.1) is 0 Å². The second-order valence-electron chi connectivity index (χ2n) is 0.433. The van der Waals surface area contributed by atoms with Crippen LogP contribution in [0.4, 0.5) is 4.79 Å². The molecule has 2 N–H and O–H groups in total. The smallest absolute Gasteiger partial charge is 0.299 e.